The summed E-state index contributed by atoms with van der Waals surface area (Å²) in [4.78, 5) is 3.47. The fourth-order valence-electron chi connectivity index (χ4n) is 2.13. The lowest BCUT2D eigenvalue weighted by Gasteiger charge is -2.07. The number of hydrogen-bond donors (Lipinski definition) is 2. The van der Waals surface area contributed by atoms with Crippen molar-refractivity contribution >= 4 is 10.0 Å². The Morgan fingerprint density at radius 2 is 1.80 bits per heavy atom. The molecule has 0 aliphatic heterocycles. The van der Waals surface area contributed by atoms with Crippen LogP contribution < -0.4 is 4.72 Å². The van der Waals surface area contributed by atoms with E-state index >= 15 is 0 Å². The van der Waals surface area contributed by atoms with Gasteiger partial charge in [0.25, 0.3) is 0 Å². The molecule has 0 aliphatic carbocycles. The average Bonchev–Trinajstić information content (AvgIpc) is 2.75. The van der Waals surface area contributed by atoms with Crippen molar-refractivity contribution in [2.45, 2.75) is 38.6 Å². The van der Waals surface area contributed by atoms with Gasteiger partial charge in [0.1, 0.15) is 0 Å². The molecule has 0 fully saturated rings. The van der Waals surface area contributed by atoms with Crippen LogP contribution in [0.2, 0.25) is 0 Å². The van der Waals surface area contributed by atoms with Crippen LogP contribution in [0.25, 0.3) is 0 Å². The van der Waals surface area contributed by atoms with Crippen LogP contribution in [0.1, 0.15) is 29.4 Å². The van der Waals surface area contributed by atoms with E-state index in [4.69, 9.17) is 0 Å². The zero-order valence-corrected chi connectivity index (χ0v) is 12.8. The lowest BCUT2D eigenvalue weighted by molar-refractivity contribution is 0.581. The molecule has 0 amide bonds. The van der Waals surface area contributed by atoms with Crippen molar-refractivity contribution in [3.8, 4) is 0 Å². The molecule has 0 bridgehead atoms. The van der Waals surface area contributed by atoms with Gasteiger partial charge < -0.3 is 4.98 Å². The summed E-state index contributed by atoms with van der Waals surface area (Å²) in [5, 5.41) is 0. The third-order valence-electron chi connectivity index (χ3n) is 3.35. The normalized spacial score (nSPS) is 11.8. The summed E-state index contributed by atoms with van der Waals surface area (Å²) in [5.74, 6) is 0. The van der Waals surface area contributed by atoms with E-state index in [0.717, 1.165) is 28.9 Å². The van der Waals surface area contributed by atoms with Crippen LogP contribution in [0.4, 0.5) is 0 Å². The smallest absolute Gasteiger partial charge is 0.240 e. The maximum atomic E-state index is 12.2. The second-order valence-corrected chi connectivity index (χ2v) is 6.69. The van der Waals surface area contributed by atoms with E-state index in [9.17, 15) is 8.42 Å². The monoisotopic (exact) mass is 292 g/mol. The molecule has 0 saturated heterocycles. The number of aromatic amines is 1. The summed E-state index contributed by atoms with van der Waals surface area (Å²) >= 11 is 0. The number of H-pyrrole nitrogens is 1. The first-order valence-corrected chi connectivity index (χ1v) is 8.14. The van der Waals surface area contributed by atoms with Gasteiger partial charge in [-0.05, 0) is 49.6 Å². The van der Waals surface area contributed by atoms with Crippen molar-refractivity contribution in [2.75, 3.05) is 0 Å². The second-order valence-electron chi connectivity index (χ2n) is 4.92. The zero-order valence-electron chi connectivity index (χ0n) is 12.0. The molecule has 0 atom stereocenters. The highest BCUT2D eigenvalue weighted by Crippen LogP contribution is 2.13. The van der Waals surface area contributed by atoms with Gasteiger partial charge in [0.05, 0.1) is 4.90 Å². The Hall–Kier alpha value is -1.59. The van der Waals surface area contributed by atoms with Crippen molar-refractivity contribution in [2.24, 2.45) is 0 Å². The summed E-state index contributed by atoms with van der Waals surface area (Å²) in [6, 6.07) is 8.95. The Labute approximate surface area is 120 Å². The molecule has 2 rings (SSSR count). The summed E-state index contributed by atoms with van der Waals surface area (Å²) < 4.78 is 27.0. The predicted octanol–water partition coefficient (Wildman–Crippen LogP) is 2.67. The summed E-state index contributed by atoms with van der Waals surface area (Å²) in [7, 11) is -3.45. The molecule has 1 aromatic heterocycles. The van der Waals surface area contributed by atoms with Gasteiger partial charge in [0, 0.05) is 17.9 Å². The largest absolute Gasteiger partial charge is 0.362 e. The van der Waals surface area contributed by atoms with E-state index in [1.54, 1.807) is 12.1 Å². The first-order valence-electron chi connectivity index (χ1n) is 6.66. The summed E-state index contributed by atoms with van der Waals surface area (Å²) in [6.45, 7) is 6.23. The van der Waals surface area contributed by atoms with E-state index in [1.165, 1.54) is 0 Å². The number of benzene rings is 1. The molecule has 20 heavy (non-hydrogen) atoms. The molecule has 2 aromatic rings. The fraction of sp³-hybridized carbons (Fsp3) is 0.333. The molecule has 4 nitrogen and oxygen atoms in total. The van der Waals surface area contributed by atoms with Crippen LogP contribution in [-0.4, -0.2) is 13.4 Å². The van der Waals surface area contributed by atoms with Crippen molar-refractivity contribution < 1.29 is 8.42 Å². The highest BCUT2D eigenvalue weighted by molar-refractivity contribution is 7.89. The third kappa shape index (κ3) is 3.29. The van der Waals surface area contributed by atoms with E-state index in [0.29, 0.717) is 11.4 Å². The Kier molecular flexibility index (Phi) is 4.30. The molecule has 0 radical (unpaired) electrons. The molecule has 5 heteroatoms. The first kappa shape index (κ1) is 14.8. The predicted molar refractivity (Wildman–Crippen MR) is 80.1 cm³/mol. The minimum Gasteiger partial charge on any atom is -0.362 e. The van der Waals surface area contributed by atoms with Gasteiger partial charge in [-0.15, -0.1) is 0 Å². The Balaban J connectivity index is 2.12. The Bertz CT molecular complexity index is 685. The van der Waals surface area contributed by atoms with Crippen molar-refractivity contribution in [3.05, 3.63) is 52.8 Å². The first-order chi connectivity index (χ1) is 9.42. The lowest BCUT2D eigenvalue weighted by Crippen LogP contribution is -2.23. The van der Waals surface area contributed by atoms with Crippen LogP contribution in [0.15, 0.2) is 35.2 Å². The molecular formula is C15H20N2O2S. The van der Waals surface area contributed by atoms with Crippen molar-refractivity contribution in [1.82, 2.24) is 9.71 Å². The summed E-state index contributed by atoms with van der Waals surface area (Å²) in [6.07, 6.45) is 0.898. The number of hydrogen-bond acceptors (Lipinski definition) is 2. The molecule has 108 valence electrons. The standard InChI is InChI=1S/C15H20N2O2S/c1-4-13-5-7-15(8-6-13)20(18,19)16-10-14-9-11(2)17-12(14)3/h5-9,16-17H,4,10H2,1-3H3. The fourth-order valence-corrected chi connectivity index (χ4v) is 3.13. The number of aryl methyl sites for hydroxylation is 3. The molecule has 1 heterocycles. The Morgan fingerprint density at radius 1 is 1.15 bits per heavy atom. The van der Waals surface area contributed by atoms with Gasteiger partial charge in [-0.25, -0.2) is 13.1 Å². The molecule has 0 saturated carbocycles. The molecular weight excluding hydrogens is 272 g/mol. The van der Waals surface area contributed by atoms with Crippen LogP contribution in [0.3, 0.4) is 0 Å². The highest BCUT2D eigenvalue weighted by Gasteiger charge is 2.14. The minimum absolute atomic E-state index is 0.300. The number of nitrogens with one attached hydrogen (secondary N) is 2. The topological polar surface area (TPSA) is 62.0 Å². The van der Waals surface area contributed by atoms with Gasteiger partial charge in [-0.2, -0.15) is 0 Å². The van der Waals surface area contributed by atoms with Gasteiger partial charge in [-0.1, -0.05) is 19.1 Å². The van der Waals surface area contributed by atoms with E-state index < -0.39 is 10.0 Å². The molecule has 0 unspecified atom stereocenters. The summed E-state index contributed by atoms with van der Waals surface area (Å²) in [5.41, 5.74) is 4.12. The maximum Gasteiger partial charge on any atom is 0.240 e. The molecule has 0 spiro atoms. The quantitative estimate of drug-likeness (QED) is 0.890. The maximum absolute atomic E-state index is 12.2. The van der Waals surface area contributed by atoms with Crippen molar-refractivity contribution in [1.29, 1.82) is 0 Å². The molecule has 0 aliphatic rings. The van der Waals surface area contributed by atoms with Crippen LogP contribution in [-0.2, 0) is 23.0 Å². The van der Waals surface area contributed by atoms with E-state index in [1.807, 2.05) is 39.0 Å². The van der Waals surface area contributed by atoms with Gasteiger partial charge in [-0.3, -0.25) is 0 Å². The zero-order chi connectivity index (χ0) is 14.8. The van der Waals surface area contributed by atoms with Gasteiger partial charge >= 0.3 is 0 Å². The number of sulfonamides is 1. The van der Waals surface area contributed by atoms with Crippen LogP contribution in [0.5, 0.6) is 0 Å². The van der Waals surface area contributed by atoms with Crippen LogP contribution >= 0.6 is 0 Å². The third-order valence-corrected chi connectivity index (χ3v) is 4.77. The van der Waals surface area contributed by atoms with Gasteiger partial charge in [0.2, 0.25) is 10.0 Å². The average molecular weight is 292 g/mol. The lowest BCUT2D eigenvalue weighted by atomic mass is 10.2. The van der Waals surface area contributed by atoms with E-state index in [2.05, 4.69) is 9.71 Å². The minimum atomic E-state index is -3.45. The van der Waals surface area contributed by atoms with Crippen LogP contribution in [0, 0.1) is 13.8 Å². The van der Waals surface area contributed by atoms with E-state index in [-0.39, 0.29) is 0 Å². The number of aromatic nitrogens is 1. The van der Waals surface area contributed by atoms with Crippen molar-refractivity contribution in [3.63, 3.8) is 0 Å². The number of rotatable bonds is 5. The van der Waals surface area contributed by atoms with Gasteiger partial charge in [0.15, 0.2) is 0 Å². The highest BCUT2D eigenvalue weighted by atomic mass is 32.2. The Morgan fingerprint density at radius 3 is 2.30 bits per heavy atom. The molecule has 2 N–H and O–H groups in total. The SMILES string of the molecule is CCc1ccc(S(=O)(=O)NCc2cc(C)[nH]c2C)cc1. The molecule has 1 aromatic carbocycles. The second kappa shape index (κ2) is 5.81.